The minimum atomic E-state index is -4.52. The maximum atomic E-state index is 13.1. The zero-order valence-corrected chi connectivity index (χ0v) is 15.0. The molecule has 1 amide bonds. The summed E-state index contributed by atoms with van der Waals surface area (Å²) in [6, 6.07) is 9.61. The molecule has 0 radical (unpaired) electrons. The van der Waals surface area contributed by atoms with Crippen molar-refractivity contribution in [1.82, 2.24) is 15.3 Å². The lowest BCUT2D eigenvalue weighted by Crippen LogP contribution is -2.47. The van der Waals surface area contributed by atoms with Crippen molar-refractivity contribution in [3.63, 3.8) is 0 Å². The summed E-state index contributed by atoms with van der Waals surface area (Å²) >= 11 is 0. The minimum Gasteiger partial charge on any atom is -0.350 e. The van der Waals surface area contributed by atoms with Gasteiger partial charge in [0.1, 0.15) is 5.69 Å². The van der Waals surface area contributed by atoms with Gasteiger partial charge in [-0.05, 0) is 44.4 Å². The van der Waals surface area contributed by atoms with Crippen LogP contribution in [0.15, 0.2) is 36.4 Å². The first-order chi connectivity index (χ1) is 12.8. The molecule has 0 saturated carbocycles. The van der Waals surface area contributed by atoms with E-state index in [1.54, 1.807) is 29.2 Å². The zero-order valence-electron chi connectivity index (χ0n) is 15.0. The summed E-state index contributed by atoms with van der Waals surface area (Å²) in [6.07, 6.45) is -1.97. The summed E-state index contributed by atoms with van der Waals surface area (Å²) in [7, 11) is 0. The average Bonchev–Trinajstić information content (AvgIpc) is 2.66. The van der Waals surface area contributed by atoms with E-state index in [2.05, 4.69) is 15.3 Å². The van der Waals surface area contributed by atoms with Crippen molar-refractivity contribution in [2.24, 2.45) is 0 Å². The molecule has 2 aromatic rings. The van der Waals surface area contributed by atoms with Crippen LogP contribution in [0.4, 0.5) is 19.1 Å². The summed E-state index contributed by atoms with van der Waals surface area (Å²) in [5, 5.41) is 2.87. The number of amides is 1. The van der Waals surface area contributed by atoms with Gasteiger partial charge < -0.3 is 10.2 Å². The normalized spacial score (nSPS) is 17.6. The fourth-order valence-corrected chi connectivity index (χ4v) is 3.20. The van der Waals surface area contributed by atoms with Crippen LogP contribution in [0.3, 0.4) is 0 Å². The molecule has 1 atom stereocenters. The van der Waals surface area contributed by atoms with E-state index in [1.165, 1.54) is 6.92 Å². The molecule has 144 valence electrons. The third-order valence-electron chi connectivity index (χ3n) is 4.55. The highest BCUT2D eigenvalue weighted by atomic mass is 19.4. The number of anilines is 1. The van der Waals surface area contributed by atoms with E-state index < -0.39 is 11.9 Å². The van der Waals surface area contributed by atoms with Gasteiger partial charge in [0.25, 0.3) is 5.91 Å². The van der Waals surface area contributed by atoms with E-state index in [9.17, 15) is 18.0 Å². The molecule has 27 heavy (non-hydrogen) atoms. The number of rotatable bonds is 4. The molecule has 3 rings (SSSR count). The van der Waals surface area contributed by atoms with Crippen LogP contribution >= 0.6 is 0 Å². The topological polar surface area (TPSA) is 58.1 Å². The highest BCUT2D eigenvalue weighted by Gasteiger charge is 2.35. The standard InChI is InChI=1S/C19H21F3N4O/c1-13-11-16(19(20,21)22)25-18(24-13)26-10-6-5-9-15(26)12-23-17(27)14-7-3-2-4-8-14/h2-4,7-8,11,15H,5-6,9-10,12H2,1H3,(H,23,27)/t15-/m1/s1. The number of carbonyl (C=O) groups excluding carboxylic acids is 1. The van der Waals surface area contributed by atoms with Gasteiger partial charge in [-0.15, -0.1) is 0 Å². The molecule has 1 aliphatic rings. The Kier molecular flexibility index (Phi) is 5.62. The van der Waals surface area contributed by atoms with Crippen molar-refractivity contribution < 1.29 is 18.0 Å². The van der Waals surface area contributed by atoms with Gasteiger partial charge in [0.2, 0.25) is 5.95 Å². The molecular weight excluding hydrogens is 357 g/mol. The van der Waals surface area contributed by atoms with Gasteiger partial charge >= 0.3 is 6.18 Å². The fourth-order valence-electron chi connectivity index (χ4n) is 3.20. The Hall–Kier alpha value is -2.64. The molecule has 0 bridgehead atoms. The molecule has 1 N–H and O–H groups in total. The van der Waals surface area contributed by atoms with Gasteiger partial charge in [-0.25, -0.2) is 9.97 Å². The van der Waals surface area contributed by atoms with E-state index in [-0.39, 0.29) is 23.6 Å². The Morgan fingerprint density at radius 2 is 1.96 bits per heavy atom. The molecule has 0 aliphatic carbocycles. The molecule has 5 nitrogen and oxygen atoms in total. The second-order valence-electron chi connectivity index (χ2n) is 6.61. The van der Waals surface area contributed by atoms with Gasteiger partial charge in [0.05, 0.1) is 0 Å². The lowest BCUT2D eigenvalue weighted by Gasteiger charge is -2.36. The fraction of sp³-hybridized carbons (Fsp3) is 0.421. The molecule has 0 spiro atoms. The number of nitrogens with zero attached hydrogens (tertiary/aromatic N) is 3. The maximum Gasteiger partial charge on any atom is 0.433 e. The lowest BCUT2D eigenvalue weighted by atomic mass is 10.0. The second kappa shape index (κ2) is 7.94. The zero-order chi connectivity index (χ0) is 19.4. The summed E-state index contributed by atoms with van der Waals surface area (Å²) in [5.41, 5.74) is -0.126. The Labute approximate surface area is 155 Å². The summed E-state index contributed by atoms with van der Waals surface area (Å²) < 4.78 is 39.3. The third kappa shape index (κ3) is 4.75. The van der Waals surface area contributed by atoms with Crippen molar-refractivity contribution in [2.45, 2.75) is 38.4 Å². The van der Waals surface area contributed by atoms with E-state index in [1.807, 2.05) is 6.07 Å². The van der Waals surface area contributed by atoms with Crippen LogP contribution in [0.5, 0.6) is 0 Å². The first-order valence-electron chi connectivity index (χ1n) is 8.87. The van der Waals surface area contributed by atoms with E-state index >= 15 is 0 Å². The van der Waals surface area contributed by atoms with Crippen LogP contribution in [-0.4, -0.2) is 35.0 Å². The number of halogens is 3. The first kappa shape index (κ1) is 19.1. The third-order valence-corrected chi connectivity index (χ3v) is 4.55. The lowest BCUT2D eigenvalue weighted by molar-refractivity contribution is -0.141. The molecule has 1 aliphatic heterocycles. The molecule has 1 fully saturated rings. The number of aryl methyl sites for hydroxylation is 1. The van der Waals surface area contributed by atoms with Crippen LogP contribution in [0.1, 0.15) is 41.0 Å². The monoisotopic (exact) mass is 378 g/mol. The molecule has 8 heteroatoms. The Morgan fingerprint density at radius 3 is 2.67 bits per heavy atom. The first-order valence-corrected chi connectivity index (χ1v) is 8.87. The summed E-state index contributed by atoms with van der Waals surface area (Å²) in [5.74, 6) is -0.136. The number of carbonyl (C=O) groups is 1. The van der Waals surface area contributed by atoms with Crippen molar-refractivity contribution in [2.75, 3.05) is 18.0 Å². The van der Waals surface area contributed by atoms with Gasteiger partial charge in [0.15, 0.2) is 0 Å². The van der Waals surface area contributed by atoms with Gasteiger partial charge in [-0.1, -0.05) is 18.2 Å². The van der Waals surface area contributed by atoms with Crippen molar-refractivity contribution in [3.8, 4) is 0 Å². The number of hydrogen-bond donors (Lipinski definition) is 1. The predicted octanol–water partition coefficient (Wildman–Crippen LogP) is 3.59. The largest absolute Gasteiger partial charge is 0.433 e. The average molecular weight is 378 g/mol. The SMILES string of the molecule is Cc1cc(C(F)(F)F)nc(N2CCCC[C@@H]2CNC(=O)c2ccccc2)n1. The van der Waals surface area contributed by atoms with Crippen molar-refractivity contribution >= 4 is 11.9 Å². The van der Waals surface area contributed by atoms with E-state index in [0.29, 0.717) is 18.7 Å². The number of nitrogens with one attached hydrogen (secondary N) is 1. The molecule has 1 saturated heterocycles. The van der Waals surface area contributed by atoms with Crippen LogP contribution in [0.25, 0.3) is 0 Å². The summed E-state index contributed by atoms with van der Waals surface area (Å²) in [6.45, 7) is 2.41. The van der Waals surface area contributed by atoms with Crippen molar-refractivity contribution in [1.29, 1.82) is 0 Å². The van der Waals surface area contributed by atoms with Crippen LogP contribution in [0.2, 0.25) is 0 Å². The Morgan fingerprint density at radius 1 is 1.22 bits per heavy atom. The van der Waals surface area contributed by atoms with Crippen LogP contribution < -0.4 is 10.2 Å². The maximum absolute atomic E-state index is 13.1. The Bertz CT molecular complexity index is 795. The quantitative estimate of drug-likeness (QED) is 0.883. The smallest absolute Gasteiger partial charge is 0.350 e. The van der Waals surface area contributed by atoms with E-state index in [0.717, 1.165) is 25.3 Å². The number of alkyl halides is 3. The van der Waals surface area contributed by atoms with Gasteiger partial charge in [-0.2, -0.15) is 13.2 Å². The van der Waals surface area contributed by atoms with Crippen molar-refractivity contribution in [3.05, 3.63) is 53.3 Å². The number of piperidine rings is 1. The molecule has 2 heterocycles. The predicted molar refractivity (Wildman–Crippen MR) is 95.5 cm³/mol. The molecule has 1 aromatic carbocycles. The number of aromatic nitrogens is 2. The molecule has 1 aromatic heterocycles. The second-order valence-corrected chi connectivity index (χ2v) is 6.61. The summed E-state index contributed by atoms with van der Waals surface area (Å²) in [4.78, 5) is 22.0. The number of benzene rings is 1. The van der Waals surface area contributed by atoms with Gasteiger partial charge in [0, 0.05) is 30.4 Å². The van der Waals surface area contributed by atoms with E-state index in [4.69, 9.17) is 0 Å². The molecule has 0 unspecified atom stereocenters. The van der Waals surface area contributed by atoms with Crippen LogP contribution in [0, 0.1) is 6.92 Å². The highest BCUT2D eigenvalue weighted by Crippen LogP contribution is 2.30. The highest BCUT2D eigenvalue weighted by molar-refractivity contribution is 5.94. The Balaban J connectivity index is 1.76. The minimum absolute atomic E-state index is 0.0704. The van der Waals surface area contributed by atoms with Gasteiger partial charge in [-0.3, -0.25) is 4.79 Å². The van der Waals surface area contributed by atoms with Crippen LogP contribution in [-0.2, 0) is 6.18 Å². The molecular formula is C19H21F3N4O. The number of hydrogen-bond acceptors (Lipinski definition) is 4.